The predicted octanol–water partition coefficient (Wildman–Crippen LogP) is 8.33. The van der Waals surface area contributed by atoms with Crippen LogP contribution in [0, 0.1) is 13.1 Å². The van der Waals surface area contributed by atoms with Crippen LogP contribution in [0.5, 0.6) is 0 Å². The molecule has 0 unspecified atom stereocenters. The van der Waals surface area contributed by atoms with Crippen molar-refractivity contribution < 1.29 is 37.3 Å². The van der Waals surface area contributed by atoms with E-state index in [9.17, 15) is 30.8 Å². The van der Waals surface area contributed by atoms with Gasteiger partial charge in [-0.15, -0.1) is 0 Å². The van der Waals surface area contributed by atoms with E-state index in [1.54, 1.807) is 29.2 Å². The quantitative estimate of drug-likeness (QED) is 0.142. The fourth-order valence-corrected chi connectivity index (χ4v) is 9.59. The number of carboxylic acids is 1. The third-order valence-corrected chi connectivity index (χ3v) is 14.0. The molecule has 2 aliphatic rings. The molecule has 2 saturated heterocycles. The SMILES string of the molecule is C=CS(=O)(=O)CC1CCNCC1.C=CS(=O)(=O)NC1CCN(C(=O)CCc2cc(Cl)c(Cl)cc2I)CC1.O=C(O)CCc1cc(Cl)c(Cl)cc1I.[2H]CF. The molecule has 2 fully saturated rings. The van der Waals surface area contributed by atoms with E-state index in [1.807, 2.05) is 0 Å². The van der Waals surface area contributed by atoms with E-state index < -0.39 is 33.0 Å². The summed E-state index contributed by atoms with van der Waals surface area (Å²) in [7, 11) is -7.41. The minimum absolute atomic E-state index is 0.0619. The van der Waals surface area contributed by atoms with Crippen LogP contribution in [0.15, 0.2) is 48.2 Å². The van der Waals surface area contributed by atoms with Crippen LogP contribution in [0.25, 0.3) is 0 Å². The van der Waals surface area contributed by atoms with E-state index in [-0.39, 0.29) is 24.1 Å². The monoisotopic (exact) mass is 1080 g/mol. The minimum Gasteiger partial charge on any atom is -0.481 e. The van der Waals surface area contributed by atoms with Crippen molar-refractivity contribution >= 4 is 123 Å². The first-order chi connectivity index (χ1) is 25.3. The molecular formula is C34H44Cl4FI2N3O7S2. The molecular weight excluding hydrogens is 1040 g/mol. The van der Waals surface area contributed by atoms with Gasteiger partial charge in [0.05, 0.1) is 34.4 Å². The fraction of sp³-hybridized carbons (Fsp3) is 0.471. The van der Waals surface area contributed by atoms with Gasteiger partial charge in [-0.2, -0.15) is 0 Å². The Bertz CT molecular complexity index is 1780. The molecule has 10 nitrogen and oxygen atoms in total. The highest BCUT2D eigenvalue weighted by molar-refractivity contribution is 14.1. The Morgan fingerprint density at radius 1 is 0.906 bits per heavy atom. The lowest BCUT2D eigenvalue weighted by atomic mass is 10.0. The number of piperidine rings is 2. The molecule has 1 amide bonds. The smallest absolute Gasteiger partial charge is 0.303 e. The Kier molecular flexibility index (Phi) is 23.3. The molecule has 298 valence electrons. The number of amides is 1. The minimum atomic E-state index is -3.43. The van der Waals surface area contributed by atoms with Gasteiger partial charge in [-0.25, -0.2) is 21.6 Å². The molecule has 53 heavy (non-hydrogen) atoms. The normalized spacial score (nSPS) is 15.3. The highest BCUT2D eigenvalue weighted by atomic mass is 127. The van der Waals surface area contributed by atoms with Gasteiger partial charge in [0, 0.05) is 49.9 Å². The number of carbonyl (C=O) groups is 2. The van der Waals surface area contributed by atoms with Gasteiger partial charge in [0.25, 0.3) is 0 Å². The van der Waals surface area contributed by atoms with Gasteiger partial charge in [0.2, 0.25) is 15.9 Å². The Morgan fingerprint density at radius 2 is 1.36 bits per heavy atom. The van der Waals surface area contributed by atoms with Gasteiger partial charge in [0.1, 0.15) is 0 Å². The Labute approximate surface area is 361 Å². The van der Waals surface area contributed by atoms with Crippen molar-refractivity contribution in [2.24, 2.45) is 5.92 Å². The van der Waals surface area contributed by atoms with Crippen LogP contribution in [0.3, 0.4) is 0 Å². The lowest BCUT2D eigenvalue weighted by Gasteiger charge is -2.32. The lowest BCUT2D eigenvalue weighted by molar-refractivity contribution is -0.137. The summed E-state index contributed by atoms with van der Waals surface area (Å²) in [5.74, 6) is -0.147. The van der Waals surface area contributed by atoms with Crippen LogP contribution < -0.4 is 10.0 Å². The second kappa shape index (κ2) is 25.5. The van der Waals surface area contributed by atoms with Crippen LogP contribution in [0.1, 0.15) is 51.0 Å². The van der Waals surface area contributed by atoms with Crippen LogP contribution in [-0.4, -0.2) is 83.8 Å². The Balaban J connectivity index is 0.000000424. The summed E-state index contributed by atoms with van der Waals surface area (Å²) in [6.45, 7) is 9.54. The molecule has 2 heterocycles. The summed E-state index contributed by atoms with van der Waals surface area (Å²) in [6.07, 6.45) is 4.69. The number of alkyl halides is 1. The summed E-state index contributed by atoms with van der Waals surface area (Å²) in [6, 6.07) is 6.90. The van der Waals surface area contributed by atoms with Gasteiger partial charge < -0.3 is 15.3 Å². The molecule has 4 rings (SSSR count). The molecule has 19 heteroatoms. The molecule has 0 aliphatic carbocycles. The number of nitrogens with one attached hydrogen (secondary N) is 2. The first-order valence-corrected chi connectivity index (χ1v) is 23.0. The number of sulfone groups is 1. The molecule has 2 aromatic carbocycles. The zero-order chi connectivity index (χ0) is 41.1. The van der Waals surface area contributed by atoms with E-state index >= 15 is 0 Å². The van der Waals surface area contributed by atoms with Crippen LogP contribution >= 0.6 is 91.6 Å². The highest BCUT2D eigenvalue weighted by Crippen LogP contribution is 2.29. The number of nitrogens with zero attached hydrogens (tertiary/aromatic N) is 1. The maximum Gasteiger partial charge on any atom is 0.303 e. The second-order valence-corrected chi connectivity index (χ2v) is 19.4. The predicted molar refractivity (Wildman–Crippen MR) is 231 cm³/mol. The van der Waals surface area contributed by atoms with Crippen LogP contribution in [0.4, 0.5) is 4.39 Å². The molecule has 0 radical (unpaired) electrons. The number of rotatable bonds is 12. The lowest BCUT2D eigenvalue weighted by Crippen LogP contribution is -2.46. The Hall–Kier alpha value is -0.770. The number of hydrogen-bond donors (Lipinski definition) is 3. The van der Waals surface area contributed by atoms with Crippen molar-refractivity contribution in [2.45, 2.75) is 57.4 Å². The number of carboxylic acid groups (broad SMARTS) is 1. The average molecular weight is 1090 g/mol. The van der Waals surface area contributed by atoms with Gasteiger partial charge in [-0.3, -0.25) is 14.0 Å². The zero-order valence-corrected chi connectivity index (χ0v) is 37.7. The summed E-state index contributed by atoms with van der Waals surface area (Å²) >= 11 is 27.9. The van der Waals surface area contributed by atoms with Crippen molar-refractivity contribution in [3.63, 3.8) is 0 Å². The number of carbonyl (C=O) groups excluding carboxylic acids is 1. The van der Waals surface area contributed by atoms with Crippen molar-refractivity contribution in [1.82, 2.24) is 14.9 Å². The second-order valence-electron chi connectivity index (χ2n) is 11.8. The van der Waals surface area contributed by atoms with Crippen LogP contribution in [0.2, 0.25) is 20.1 Å². The van der Waals surface area contributed by atoms with Crippen molar-refractivity contribution in [3.8, 4) is 0 Å². The fourth-order valence-electron chi connectivity index (χ4n) is 5.12. The molecule has 3 N–H and O–H groups in total. The molecule has 0 aromatic heterocycles. The van der Waals surface area contributed by atoms with Gasteiger partial charge in [-0.05, 0) is 138 Å². The van der Waals surface area contributed by atoms with E-state index in [2.05, 4.69) is 68.4 Å². The number of halogens is 7. The first kappa shape index (κ1) is 48.4. The number of benzene rings is 2. The standard InChI is InChI=1S/C16H19Cl2IN2O3S.C9H7Cl2IO2.C8H15NO2S.CH3F/c1-2-25(23,24)20-12-5-7-21(8-6-12)16(22)4-3-11-9-13(17)14(18)10-15(11)19;10-6-3-5(1-2-9(13)14)8(12)4-7(6)11;1-2-12(10,11)7-8-3-5-9-6-4-8;1-2/h2,9-10,12,20H,1,3-8H2;3-4H,1-2H2,(H,13,14);2,8-9H,1,3-7H2;1H3/i;;;1D. The average Bonchev–Trinajstić information content (AvgIpc) is 3.11. The summed E-state index contributed by atoms with van der Waals surface area (Å²) in [5, 5.41) is 15.6. The van der Waals surface area contributed by atoms with Crippen molar-refractivity contribution in [1.29, 1.82) is 0 Å². The summed E-state index contributed by atoms with van der Waals surface area (Å²) in [4.78, 5) is 24.5. The van der Waals surface area contributed by atoms with E-state index in [0.717, 1.165) is 55.0 Å². The van der Waals surface area contributed by atoms with Crippen molar-refractivity contribution in [3.05, 3.63) is 86.6 Å². The summed E-state index contributed by atoms with van der Waals surface area (Å²) in [5.41, 5.74) is 1.92. The van der Waals surface area contributed by atoms with E-state index in [1.165, 1.54) is 0 Å². The molecule has 0 atom stereocenters. The highest BCUT2D eigenvalue weighted by Gasteiger charge is 2.25. The van der Waals surface area contributed by atoms with E-state index in [0.29, 0.717) is 71.2 Å². The number of likely N-dealkylation sites (tertiary alicyclic amines) is 1. The topological polar surface area (TPSA) is 150 Å². The molecule has 2 aliphatic heterocycles. The van der Waals surface area contributed by atoms with Gasteiger partial charge >= 0.3 is 5.97 Å². The van der Waals surface area contributed by atoms with Crippen molar-refractivity contribution in [2.75, 3.05) is 39.1 Å². The van der Waals surface area contributed by atoms with Gasteiger partial charge in [-0.1, -0.05) is 59.6 Å². The maximum atomic E-state index is 12.4. The largest absolute Gasteiger partial charge is 0.481 e. The third kappa shape index (κ3) is 19.8. The molecule has 0 bridgehead atoms. The number of sulfonamides is 1. The molecule has 2 aromatic rings. The maximum absolute atomic E-state index is 12.4. The first-order valence-electron chi connectivity index (χ1n) is 16.8. The van der Waals surface area contributed by atoms with Crippen LogP contribution in [-0.2, 0) is 42.3 Å². The Morgan fingerprint density at radius 3 is 1.79 bits per heavy atom. The number of hydrogen-bond acceptors (Lipinski definition) is 7. The summed E-state index contributed by atoms with van der Waals surface area (Å²) < 4.78 is 65.2. The molecule has 0 spiro atoms. The van der Waals surface area contributed by atoms with Gasteiger partial charge in [0.15, 0.2) is 9.84 Å². The van der Waals surface area contributed by atoms with E-state index in [4.69, 9.17) is 52.9 Å². The number of aliphatic carboxylic acids is 1. The third-order valence-electron chi connectivity index (χ3n) is 7.97. The number of aryl methyl sites for hydroxylation is 2. The molecule has 0 saturated carbocycles. The zero-order valence-electron chi connectivity index (χ0n) is 29.7.